The van der Waals surface area contributed by atoms with Crippen LogP contribution in [0.3, 0.4) is 0 Å². The Morgan fingerprint density at radius 3 is 2.45 bits per heavy atom. The van der Waals surface area contributed by atoms with Crippen molar-refractivity contribution in [1.82, 2.24) is 15.0 Å². The van der Waals surface area contributed by atoms with Crippen molar-refractivity contribution in [1.29, 1.82) is 0 Å². The Balaban J connectivity index is 2.16. The van der Waals surface area contributed by atoms with Crippen molar-refractivity contribution in [2.45, 2.75) is 13.8 Å². The molecule has 1 aromatic carbocycles. The Kier molecular flexibility index (Phi) is 4.00. The maximum atomic E-state index is 4.81. The van der Waals surface area contributed by atoms with Gasteiger partial charge in [-0.3, -0.25) is 4.98 Å². The fourth-order valence-corrected chi connectivity index (χ4v) is 2.62. The van der Waals surface area contributed by atoms with E-state index in [9.17, 15) is 0 Å². The predicted molar refractivity (Wildman–Crippen MR) is 90.9 cm³/mol. The van der Waals surface area contributed by atoms with Crippen molar-refractivity contribution in [2.24, 2.45) is 5.92 Å². The Morgan fingerprint density at radius 1 is 1.00 bits per heavy atom. The Labute approximate surface area is 130 Å². The maximum Gasteiger partial charge on any atom is 0.162 e. The minimum atomic E-state index is 0.572. The molecule has 4 nitrogen and oxygen atoms in total. The van der Waals surface area contributed by atoms with Crippen LogP contribution in [-0.2, 0) is 0 Å². The number of hydrogen-bond acceptors (Lipinski definition) is 4. The molecule has 0 saturated carbocycles. The molecule has 22 heavy (non-hydrogen) atoms. The lowest BCUT2D eigenvalue weighted by Gasteiger charge is -2.22. The molecule has 3 rings (SSSR count). The van der Waals surface area contributed by atoms with Gasteiger partial charge in [0.1, 0.15) is 5.82 Å². The summed E-state index contributed by atoms with van der Waals surface area (Å²) in [5, 5.41) is 1.09. The molecular formula is C18H20N4. The Morgan fingerprint density at radius 2 is 1.73 bits per heavy atom. The van der Waals surface area contributed by atoms with E-state index in [0.717, 1.165) is 34.7 Å². The lowest BCUT2D eigenvalue weighted by molar-refractivity contribution is 0.636. The van der Waals surface area contributed by atoms with Crippen molar-refractivity contribution < 1.29 is 0 Å². The van der Waals surface area contributed by atoms with Crippen LogP contribution in [0.4, 0.5) is 5.82 Å². The largest absolute Gasteiger partial charge is 0.359 e. The maximum absolute atomic E-state index is 4.81. The van der Waals surface area contributed by atoms with Gasteiger partial charge in [-0.25, -0.2) is 9.97 Å². The minimum absolute atomic E-state index is 0.572. The van der Waals surface area contributed by atoms with Crippen LogP contribution in [0.15, 0.2) is 48.8 Å². The zero-order chi connectivity index (χ0) is 15.5. The number of aromatic nitrogens is 3. The van der Waals surface area contributed by atoms with Gasteiger partial charge in [0, 0.05) is 36.9 Å². The van der Waals surface area contributed by atoms with E-state index in [1.54, 1.807) is 12.4 Å². The highest BCUT2D eigenvalue weighted by molar-refractivity contribution is 5.90. The van der Waals surface area contributed by atoms with E-state index in [2.05, 4.69) is 36.8 Å². The molecule has 0 amide bonds. The van der Waals surface area contributed by atoms with Crippen molar-refractivity contribution in [2.75, 3.05) is 18.5 Å². The summed E-state index contributed by atoms with van der Waals surface area (Å²) in [7, 11) is 2.09. The van der Waals surface area contributed by atoms with Gasteiger partial charge in [-0.1, -0.05) is 26.0 Å². The number of rotatable bonds is 4. The molecule has 0 bridgehead atoms. The molecule has 0 spiro atoms. The number of anilines is 1. The second-order valence-electron chi connectivity index (χ2n) is 5.90. The monoisotopic (exact) mass is 292 g/mol. The summed E-state index contributed by atoms with van der Waals surface area (Å²) in [5.41, 5.74) is 1.95. The molecule has 0 N–H and O–H groups in total. The Hall–Kier alpha value is -2.49. The first-order chi connectivity index (χ1) is 10.6. The third-order valence-corrected chi connectivity index (χ3v) is 3.52. The fourth-order valence-electron chi connectivity index (χ4n) is 2.62. The molecule has 3 aromatic rings. The van der Waals surface area contributed by atoms with E-state index in [1.165, 1.54) is 0 Å². The van der Waals surface area contributed by atoms with Gasteiger partial charge in [0.15, 0.2) is 5.82 Å². The van der Waals surface area contributed by atoms with Crippen LogP contribution in [0.2, 0.25) is 0 Å². The summed E-state index contributed by atoms with van der Waals surface area (Å²) in [6.45, 7) is 5.38. The van der Waals surface area contributed by atoms with Crippen molar-refractivity contribution in [3.8, 4) is 11.4 Å². The zero-order valence-corrected chi connectivity index (χ0v) is 13.2. The van der Waals surface area contributed by atoms with Crippen molar-refractivity contribution >= 4 is 16.7 Å². The summed E-state index contributed by atoms with van der Waals surface area (Å²) in [5.74, 6) is 2.29. The number of para-hydroxylation sites is 1. The molecule has 0 saturated heterocycles. The topological polar surface area (TPSA) is 41.9 Å². The summed E-state index contributed by atoms with van der Waals surface area (Å²) in [4.78, 5) is 15.8. The van der Waals surface area contributed by atoms with Crippen LogP contribution in [0.5, 0.6) is 0 Å². The second-order valence-corrected chi connectivity index (χ2v) is 5.90. The smallest absolute Gasteiger partial charge is 0.162 e. The SMILES string of the molecule is CC(C)CN(C)c1nc(-c2ccncc2)nc2ccccc12. The first-order valence-electron chi connectivity index (χ1n) is 7.53. The van der Waals surface area contributed by atoms with E-state index >= 15 is 0 Å². The van der Waals surface area contributed by atoms with Gasteiger partial charge < -0.3 is 4.90 Å². The summed E-state index contributed by atoms with van der Waals surface area (Å²) in [6.07, 6.45) is 3.54. The molecule has 0 atom stereocenters. The third kappa shape index (κ3) is 2.91. The number of fused-ring (bicyclic) bond motifs is 1. The number of nitrogens with zero attached hydrogens (tertiary/aromatic N) is 4. The van der Waals surface area contributed by atoms with Crippen LogP contribution >= 0.6 is 0 Å². The van der Waals surface area contributed by atoms with E-state index in [0.29, 0.717) is 5.92 Å². The van der Waals surface area contributed by atoms with Crippen molar-refractivity contribution in [3.63, 3.8) is 0 Å². The highest BCUT2D eigenvalue weighted by atomic mass is 15.2. The van der Waals surface area contributed by atoms with Gasteiger partial charge in [-0.2, -0.15) is 0 Å². The molecule has 2 heterocycles. The molecule has 0 aliphatic heterocycles. The molecule has 4 heteroatoms. The van der Waals surface area contributed by atoms with Gasteiger partial charge in [-0.15, -0.1) is 0 Å². The van der Waals surface area contributed by atoms with Crippen LogP contribution in [0.1, 0.15) is 13.8 Å². The third-order valence-electron chi connectivity index (χ3n) is 3.52. The lowest BCUT2D eigenvalue weighted by Crippen LogP contribution is -2.24. The van der Waals surface area contributed by atoms with Gasteiger partial charge in [0.05, 0.1) is 5.52 Å². The highest BCUT2D eigenvalue weighted by Crippen LogP contribution is 2.27. The van der Waals surface area contributed by atoms with Crippen LogP contribution < -0.4 is 4.90 Å². The molecule has 0 aliphatic carbocycles. The average Bonchev–Trinajstić information content (AvgIpc) is 2.54. The number of pyridine rings is 1. The zero-order valence-electron chi connectivity index (χ0n) is 13.2. The number of benzene rings is 1. The second kappa shape index (κ2) is 6.10. The first kappa shape index (κ1) is 14.4. The molecule has 0 unspecified atom stereocenters. The van der Waals surface area contributed by atoms with Crippen LogP contribution in [-0.4, -0.2) is 28.5 Å². The standard InChI is InChI=1S/C18H20N4/c1-13(2)12-22(3)18-15-6-4-5-7-16(15)20-17(21-18)14-8-10-19-11-9-14/h4-11,13H,12H2,1-3H3. The summed E-state index contributed by atoms with van der Waals surface area (Å²) >= 11 is 0. The molecular weight excluding hydrogens is 272 g/mol. The number of hydrogen-bond donors (Lipinski definition) is 0. The van der Waals surface area contributed by atoms with E-state index in [-0.39, 0.29) is 0 Å². The van der Waals surface area contributed by atoms with Gasteiger partial charge in [0.25, 0.3) is 0 Å². The van der Waals surface area contributed by atoms with Gasteiger partial charge in [0.2, 0.25) is 0 Å². The first-order valence-corrected chi connectivity index (χ1v) is 7.53. The Bertz CT molecular complexity index is 768. The molecule has 0 fully saturated rings. The molecule has 0 radical (unpaired) electrons. The summed E-state index contributed by atoms with van der Waals surface area (Å²) < 4.78 is 0. The van der Waals surface area contributed by atoms with Crippen LogP contribution in [0.25, 0.3) is 22.3 Å². The normalized spacial score (nSPS) is 11.1. The lowest BCUT2D eigenvalue weighted by atomic mass is 10.1. The van der Waals surface area contributed by atoms with Gasteiger partial charge >= 0.3 is 0 Å². The van der Waals surface area contributed by atoms with Crippen molar-refractivity contribution in [3.05, 3.63) is 48.8 Å². The summed E-state index contributed by atoms with van der Waals surface area (Å²) in [6, 6.07) is 12.0. The predicted octanol–water partition coefficient (Wildman–Crippen LogP) is 3.78. The molecule has 0 aliphatic rings. The fraction of sp³-hybridized carbons (Fsp3) is 0.278. The van der Waals surface area contributed by atoms with E-state index in [4.69, 9.17) is 9.97 Å². The van der Waals surface area contributed by atoms with E-state index < -0.39 is 0 Å². The van der Waals surface area contributed by atoms with Gasteiger partial charge in [-0.05, 0) is 30.2 Å². The quantitative estimate of drug-likeness (QED) is 0.734. The minimum Gasteiger partial charge on any atom is -0.359 e. The average molecular weight is 292 g/mol. The van der Waals surface area contributed by atoms with Crippen LogP contribution in [0, 0.1) is 5.92 Å². The molecule has 2 aromatic heterocycles. The van der Waals surface area contributed by atoms with E-state index in [1.807, 2.05) is 30.3 Å². The molecule has 112 valence electrons. The highest BCUT2D eigenvalue weighted by Gasteiger charge is 2.13.